The first-order valence-electron chi connectivity index (χ1n) is 5.62. The molecule has 0 heterocycles. The topological polar surface area (TPSA) is 57.9 Å². The van der Waals surface area contributed by atoms with Crippen LogP contribution in [0.15, 0.2) is 0 Å². The van der Waals surface area contributed by atoms with E-state index < -0.39 is 15.1 Å². The molecular formula is C11H19NO2S. The number of rotatable bonds is 2. The summed E-state index contributed by atoms with van der Waals surface area (Å²) in [5.41, 5.74) is 0. The lowest BCUT2D eigenvalue weighted by molar-refractivity contribution is 0.517. The number of nitriles is 1. The number of hydrogen-bond donors (Lipinski definition) is 0. The van der Waals surface area contributed by atoms with Crippen LogP contribution in [0.3, 0.4) is 0 Å². The van der Waals surface area contributed by atoms with Crippen molar-refractivity contribution in [3.8, 4) is 6.07 Å². The largest absolute Gasteiger partial charge is 0.228 e. The summed E-state index contributed by atoms with van der Waals surface area (Å²) in [7, 11) is -3.11. The van der Waals surface area contributed by atoms with Gasteiger partial charge in [-0.3, -0.25) is 0 Å². The van der Waals surface area contributed by atoms with Crippen molar-refractivity contribution < 1.29 is 8.42 Å². The molecule has 1 saturated carbocycles. The van der Waals surface area contributed by atoms with Crippen LogP contribution < -0.4 is 0 Å². The lowest BCUT2D eigenvalue weighted by Crippen LogP contribution is -2.33. The SMILES string of the molecule is CC(C)S(=O)(=O)C1CCCCCC1C#N. The van der Waals surface area contributed by atoms with Crippen LogP contribution in [-0.2, 0) is 9.84 Å². The maximum Gasteiger partial charge on any atom is 0.156 e. The van der Waals surface area contributed by atoms with E-state index in [-0.39, 0.29) is 11.2 Å². The van der Waals surface area contributed by atoms with Crippen LogP contribution in [0, 0.1) is 17.2 Å². The third-order valence-electron chi connectivity index (χ3n) is 3.20. The van der Waals surface area contributed by atoms with Crippen LogP contribution in [0.25, 0.3) is 0 Å². The highest BCUT2D eigenvalue weighted by molar-refractivity contribution is 7.92. The zero-order chi connectivity index (χ0) is 11.5. The summed E-state index contributed by atoms with van der Waals surface area (Å²) in [4.78, 5) is 0. The van der Waals surface area contributed by atoms with Gasteiger partial charge in [0.25, 0.3) is 0 Å². The second kappa shape index (κ2) is 4.98. The zero-order valence-electron chi connectivity index (χ0n) is 9.44. The van der Waals surface area contributed by atoms with Crippen LogP contribution >= 0.6 is 0 Å². The highest BCUT2D eigenvalue weighted by atomic mass is 32.2. The highest BCUT2D eigenvalue weighted by Gasteiger charge is 2.36. The molecule has 0 aromatic rings. The molecule has 3 nitrogen and oxygen atoms in total. The summed E-state index contributed by atoms with van der Waals surface area (Å²) in [6.07, 6.45) is 4.39. The molecule has 15 heavy (non-hydrogen) atoms. The summed E-state index contributed by atoms with van der Waals surface area (Å²) < 4.78 is 24.1. The molecule has 0 N–H and O–H groups in total. The van der Waals surface area contributed by atoms with Crippen molar-refractivity contribution in [3.63, 3.8) is 0 Å². The summed E-state index contributed by atoms with van der Waals surface area (Å²) in [5, 5.41) is 8.23. The summed E-state index contributed by atoms with van der Waals surface area (Å²) in [5.74, 6) is -0.292. The summed E-state index contributed by atoms with van der Waals surface area (Å²) >= 11 is 0. The van der Waals surface area contributed by atoms with Gasteiger partial charge in [-0.05, 0) is 26.7 Å². The molecule has 0 aliphatic heterocycles. The average molecular weight is 229 g/mol. The molecule has 86 valence electrons. The fourth-order valence-electron chi connectivity index (χ4n) is 2.16. The quantitative estimate of drug-likeness (QED) is 0.682. The lowest BCUT2D eigenvalue weighted by Gasteiger charge is -2.21. The smallest absolute Gasteiger partial charge is 0.156 e. The van der Waals surface area contributed by atoms with E-state index in [1.807, 2.05) is 0 Å². The third kappa shape index (κ3) is 2.72. The van der Waals surface area contributed by atoms with Gasteiger partial charge in [0.1, 0.15) is 0 Å². The second-order valence-corrected chi connectivity index (χ2v) is 7.28. The van der Waals surface area contributed by atoms with Gasteiger partial charge in [-0.1, -0.05) is 19.3 Å². The van der Waals surface area contributed by atoms with Crippen molar-refractivity contribution in [1.29, 1.82) is 5.26 Å². The lowest BCUT2D eigenvalue weighted by atomic mass is 10.0. The molecule has 2 atom stereocenters. The van der Waals surface area contributed by atoms with E-state index in [0.717, 1.165) is 25.7 Å². The van der Waals surface area contributed by atoms with Crippen molar-refractivity contribution in [2.75, 3.05) is 0 Å². The van der Waals surface area contributed by atoms with Crippen LogP contribution in [0.4, 0.5) is 0 Å². The third-order valence-corrected chi connectivity index (χ3v) is 5.92. The van der Waals surface area contributed by atoms with Gasteiger partial charge in [-0.15, -0.1) is 0 Å². The maximum atomic E-state index is 12.1. The van der Waals surface area contributed by atoms with E-state index in [4.69, 9.17) is 5.26 Å². The zero-order valence-corrected chi connectivity index (χ0v) is 10.3. The van der Waals surface area contributed by atoms with Gasteiger partial charge in [0.2, 0.25) is 0 Å². The van der Waals surface area contributed by atoms with E-state index in [2.05, 4.69) is 6.07 Å². The molecule has 0 aromatic carbocycles. The fourth-order valence-corrected chi connectivity index (χ4v) is 4.01. The van der Waals surface area contributed by atoms with Crippen molar-refractivity contribution in [3.05, 3.63) is 0 Å². The van der Waals surface area contributed by atoms with Gasteiger partial charge in [-0.2, -0.15) is 5.26 Å². The Balaban J connectivity index is 2.94. The first-order valence-corrected chi connectivity index (χ1v) is 7.23. The first-order chi connectivity index (χ1) is 7.00. The molecule has 1 fully saturated rings. The van der Waals surface area contributed by atoms with Crippen LogP contribution in [0.2, 0.25) is 0 Å². The molecule has 1 aliphatic rings. The van der Waals surface area contributed by atoms with Gasteiger partial charge in [-0.25, -0.2) is 8.42 Å². The van der Waals surface area contributed by atoms with Crippen LogP contribution in [-0.4, -0.2) is 18.9 Å². The highest BCUT2D eigenvalue weighted by Crippen LogP contribution is 2.30. The Morgan fingerprint density at radius 2 is 1.80 bits per heavy atom. The summed E-state index contributed by atoms with van der Waals surface area (Å²) in [6.45, 7) is 3.41. The Kier molecular flexibility index (Phi) is 4.15. The minimum Gasteiger partial charge on any atom is -0.228 e. The molecule has 0 amide bonds. The van der Waals surface area contributed by atoms with Gasteiger partial charge in [0, 0.05) is 0 Å². The Labute approximate surface area is 92.4 Å². The van der Waals surface area contributed by atoms with Gasteiger partial charge < -0.3 is 0 Å². The maximum absolute atomic E-state index is 12.1. The van der Waals surface area contributed by atoms with E-state index >= 15 is 0 Å². The minimum atomic E-state index is -3.11. The van der Waals surface area contributed by atoms with E-state index in [0.29, 0.717) is 6.42 Å². The molecule has 1 rings (SSSR count). The normalized spacial score (nSPS) is 28.4. The molecule has 0 bridgehead atoms. The van der Waals surface area contributed by atoms with Gasteiger partial charge in [0.05, 0.1) is 22.5 Å². The van der Waals surface area contributed by atoms with Crippen LogP contribution in [0.1, 0.15) is 46.0 Å². The molecule has 0 saturated heterocycles. The number of sulfone groups is 1. The average Bonchev–Trinajstić information content (AvgIpc) is 2.41. The predicted octanol–water partition coefficient (Wildman–Crippen LogP) is 2.28. The second-order valence-electron chi connectivity index (χ2n) is 4.55. The Hall–Kier alpha value is -0.560. The van der Waals surface area contributed by atoms with Crippen molar-refractivity contribution in [1.82, 2.24) is 0 Å². The van der Waals surface area contributed by atoms with E-state index in [1.165, 1.54) is 0 Å². The number of hydrogen-bond acceptors (Lipinski definition) is 3. The molecule has 0 radical (unpaired) electrons. The summed E-state index contributed by atoms with van der Waals surface area (Å²) in [6, 6.07) is 2.18. The van der Waals surface area contributed by atoms with E-state index in [9.17, 15) is 8.42 Å². The van der Waals surface area contributed by atoms with Gasteiger partial charge >= 0.3 is 0 Å². The van der Waals surface area contributed by atoms with Gasteiger partial charge in [0.15, 0.2) is 9.84 Å². The standard InChI is InChI=1S/C11H19NO2S/c1-9(2)15(13,14)11-7-5-3-4-6-10(11)8-12/h9-11H,3-7H2,1-2H3. The molecule has 4 heteroatoms. The van der Waals surface area contributed by atoms with Crippen molar-refractivity contribution in [2.24, 2.45) is 5.92 Å². The molecule has 0 aromatic heterocycles. The number of nitrogens with zero attached hydrogens (tertiary/aromatic N) is 1. The predicted molar refractivity (Wildman–Crippen MR) is 60.0 cm³/mol. The Bertz CT molecular complexity index is 340. The van der Waals surface area contributed by atoms with E-state index in [1.54, 1.807) is 13.8 Å². The minimum absolute atomic E-state index is 0.292. The van der Waals surface area contributed by atoms with Crippen LogP contribution in [0.5, 0.6) is 0 Å². The molecular weight excluding hydrogens is 210 g/mol. The monoisotopic (exact) mass is 229 g/mol. The Morgan fingerprint density at radius 1 is 1.20 bits per heavy atom. The van der Waals surface area contributed by atoms with Crippen molar-refractivity contribution >= 4 is 9.84 Å². The molecule has 2 unspecified atom stereocenters. The molecule has 1 aliphatic carbocycles. The van der Waals surface area contributed by atoms with Crippen molar-refractivity contribution in [2.45, 2.75) is 56.5 Å². The Morgan fingerprint density at radius 3 is 2.33 bits per heavy atom. The first kappa shape index (κ1) is 12.5. The molecule has 0 spiro atoms. The fraction of sp³-hybridized carbons (Fsp3) is 0.909.